The Hall–Kier alpha value is -2.34. The molecule has 2 rings (SSSR count). The molecule has 0 saturated heterocycles. The number of rotatable bonds is 5. The summed E-state index contributed by atoms with van der Waals surface area (Å²) in [4.78, 5) is 11.6. The minimum Gasteiger partial charge on any atom is -0.508 e. The summed E-state index contributed by atoms with van der Waals surface area (Å²) in [6.07, 6.45) is 1.49. The molecular weight excluding hydrogens is 348 g/mol. The van der Waals surface area contributed by atoms with E-state index in [1.54, 1.807) is 30.3 Å². The number of carbonyl (C=O) groups excluding carboxylic acids is 1. The first kappa shape index (κ1) is 16.0. The van der Waals surface area contributed by atoms with Crippen molar-refractivity contribution in [1.82, 2.24) is 5.43 Å². The zero-order valence-electron chi connectivity index (χ0n) is 11.9. The van der Waals surface area contributed by atoms with E-state index in [-0.39, 0.29) is 18.3 Å². The first-order chi connectivity index (χ1) is 10.5. The number of phenols is 1. The second-order valence-electron chi connectivity index (χ2n) is 4.61. The van der Waals surface area contributed by atoms with Crippen LogP contribution in [0.15, 0.2) is 52.0 Å². The Morgan fingerprint density at radius 1 is 1.32 bits per heavy atom. The van der Waals surface area contributed by atoms with E-state index in [2.05, 4.69) is 26.5 Å². The summed E-state index contributed by atoms with van der Waals surface area (Å²) >= 11 is 3.38. The first-order valence-corrected chi connectivity index (χ1v) is 7.34. The smallest absolute Gasteiger partial charge is 0.277 e. The molecule has 0 saturated carbocycles. The number of phenolic OH excluding ortho intramolecular Hbond substituents is 1. The fourth-order valence-electron chi connectivity index (χ4n) is 1.64. The van der Waals surface area contributed by atoms with Gasteiger partial charge in [0, 0.05) is 0 Å². The molecule has 22 heavy (non-hydrogen) atoms. The Labute approximate surface area is 136 Å². The van der Waals surface area contributed by atoms with Crippen LogP contribution in [0.5, 0.6) is 11.5 Å². The zero-order valence-corrected chi connectivity index (χ0v) is 13.5. The van der Waals surface area contributed by atoms with Crippen LogP contribution in [0.2, 0.25) is 0 Å². The molecule has 0 spiro atoms. The Morgan fingerprint density at radius 2 is 2.05 bits per heavy atom. The van der Waals surface area contributed by atoms with Gasteiger partial charge in [-0.2, -0.15) is 5.10 Å². The fourth-order valence-corrected chi connectivity index (χ4v) is 2.25. The normalized spacial score (nSPS) is 10.6. The summed E-state index contributed by atoms with van der Waals surface area (Å²) in [6, 6.07) is 12.1. The van der Waals surface area contributed by atoms with Crippen LogP contribution in [0, 0.1) is 6.92 Å². The van der Waals surface area contributed by atoms with Gasteiger partial charge in [0.15, 0.2) is 6.61 Å². The number of nitrogens with zero attached hydrogens (tertiary/aromatic N) is 1. The Morgan fingerprint density at radius 3 is 2.73 bits per heavy atom. The number of halogens is 1. The first-order valence-electron chi connectivity index (χ1n) is 6.54. The highest BCUT2D eigenvalue weighted by molar-refractivity contribution is 9.10. The Kier molecular flexibility index (Phi) is 5.55. The zero-order chi connectivity index (χ0) is 15.9. The van der Waals surface area contributed by atoms with Crippen molar-refractivity contribution in [3.8, 4) is 11.5 Å². The van der Waals surface area contributed by atoms with E-state index in [1.165, 1.54) is 6.21 Å². The van der Waals surface area contributed by atoms with E-state index < -0.39 is 0 Å². The number of carbonyl (C=O) groups is 1. The second kappa shape index (κ2) is 7.61. The van der Waals surface area contributed by atoms with Gasteiger partial charge in [-0.25, -0.2) is 5.43 Å². The molecule has 2 N–H and O–H groups in total. The lowest BCUT2D eigenvalue weighted by Gasteiger charge is -2.07. The SMILES string of the molecule is Cc1ccc(OCC(=O)N/N=C/c2ccc(O)cc2)c(Br)c1. The number of ether oxygens (including phenoxy) is 1. The van der Waals surface area contributed by atoms with Crippen LogP contribution >= 0.6 is 15.9 Å². The minimum absolute atomic E-state index is 0.130. The number of hydrogen-bond acceptors (Lipinski definition) is 4. The monoisotopic (exact) mass is 362 g/mol. The molecule has 6 heteroatoms. The standard InChI is InChI=1S/C16H15BrN2O3/c1-11-2-7-15(14(17)8-11)22-10-16(21)19-18-9-12-3-5-13(20)6-4-12/h2-9,20H,10H2,1H3,(H,19,21)/b18-9+. The number of aromatic hydroxyl groups is 1. The summed E-state index contributed by atoms with van der Waals surface area (Å²) in [5, 5.41) is 13.0. The minimum atomic E-state index is -0.359. The number of benzene rings is 2. The molecule has 2 aromatic rings. The number of hydrazone groups is 1. The fraction of sp³-hybridized carbons (Fsp3) is 0.125. The van der Waals surface area contributed by atoms with Gasteiger partial charge >= 0.3 is 0 Å². The Bertz CT molecular complexity index is 684. The van der Waals surface area contributed by atoms with E-state index in [0.717, 1.165) is 15.6 Å². The maximum atomic E-state index is 11.6. The van der Waals surface area contributed by atoms with Crippen molar-refractivity contribution in [2.45, 2.75) is 6.92 Å². The molecule has 0 radical (unpaired) electrons. The lowest BCUT2D eigenvalue weighted by atomic mass is 10.2. The van der Waals surface area contributed by atoms with Crippen LogP contribution in [-0.2, 0) is 4.79 Å². The predicted octanol–water partition coefficient (Wildman–Crippen LogP) is 2.99. The lowest BCUT2D eigenvalue weighted by Crippen LogP contribution is -2.24. The van der Waals surface area contributed by atoms with E-state index in [1.807, 2.05) is 19.1 Å². The molecule has 5 nitrogen and oxygen atoms in total. The molecule has 0 unspecified atom stereocenters. The molecule has 1 amide bonds. The molecule has 0 aliphatic rings. The van der Waals surface area contributed by atoms with Crippen LogP contribution in [0.25, 0.3) is 0 Å². The van der Waals surface area contributed by atoms with Crippen molar-refractivity contribution < 1.29 is 14.6 Å². The van der Waals surface area contributed by atoms with Gasteiger partial charge in [-0.1, -0.05) is 6.07 Å². The molecule has 0 aliphatic heterocycles. The molecule has 0 bridgehead atoms. The maximum absolute atomic E-state index is 11.6. The van der Waals surface area contributed by atoms with E-state index in [4.69, 9.17) is 9.84 Å². The molecule has 2 aromatic carbocycles. The molecule has 0 fully saturated rings. The molecule has 114 valence electrons. The lowest BCUT2D eigenvalue weighted by molar-refractivity contribution is -0.123. The third-order valence-electron chi connectivity index (χ3n) is 2.74. The highest BCUT2D eigenvalue weighted by Crippen LogP contribution is 2.25. The number of nitrogens with one attached hydrogen (secondary N) is 1. The summed E-state index contributed by atoms with van der Waals surface area (Å²) < 4.78 is 6.21. The van der Waals surface area contributed by atoms with Crippen LogP contribution in [0.4, 0.5) is 0 Å². The van der Waals surface area contributed by atoms with Gasteiger partial charge in [0.2, 0.25) is 0 Å². The van der Waals surface area contributed by atoms with Crippen LogP contribution in [-0.4, -0.2) is 23.8 Å². The predicted molar refractivity (Wildman–Crippen MR) is 88.2 cm³/mol. The highest BCUT2D eigenvalue weighted by Gasteiger charge is 2.04. The molecule has 0 heterocycles. The van der Waals surface area contributed by atoms with Gasteiger partial charge < -0.3 is 9.84 Å². The van der Waals surface area contributed by atoms with Crippen LogP contribution in [0.1, 0.15) is 11.1 Å². The maximum Gasteiger partial charge on any atom is 0.277 e. The summed E-state index contributed by atoms with van der Waals surface area (Å²) in [6.45, 7) is 1.84. The topological polar surface area (TPSA) is 70.9 Å². The summed E-state index contributed by atoms with van der Waals surface area (Å²) in [5.74, 6) is 0.420. The van der Waals surface area contributed by atoms with Crippen molar-refractivity contribution in [2.75, 3.05) is 6.61 Å². The number of amides is 1. The van der Waals surface area contributed by atoms with Crippen molar-refractivity contribution in [3.63, 3.8) is 0 Å². The van der Waals surface area contributed by atoms with Gasteiger partial charge in [-0.15, -0.1) is 0 Å². The molecule has 0 aliphatic carbocycles. The number of hydrogen-bond donors (Lipinski definition) is 2. The molecule has 0 atom stereocenters. The van der Waals surface area contributed by atoms with Crippen molar-refractivity contribution in [1.29, 1.82) is 0 Å². The van der Waals surface area contributed by atoms with E-state index >= 15 is 0 Å². The average molecular weight is 363 g/mol. The average Bonchev–Trinajstić information content (AvgIpc) is 2.48. The van der Waals surface area contributed by atoms with E-state index in [9.17, 15) is 4.79 Å². The highest BCUT2D eigenvalue weighted by atomic mass is 79.9. The van der Waals surface area contributed by atoms with Crippen molar-refractivity contribution >= 4 is 28.1 Å². The summed E-state index contributed by atoms with van der Waals surface area (Å²) in [5.41, 5.74) is 4.24. The Balaban J connectivity index is 1.81. The van der Waals surface area contributed by atoms with E-state index in [0.29, 0.717) is 5.75 Å². The van der Waals surface area contributed by atoms with Gasteiger partial charge in [-0.05, 0) is 70.4 Å². The van der Waals surface area contributed by atoms with Crippen molar-refractivity contribution in [2.24, 2.45) is 5.10 Å². The van der Waals surface area contributed by atoms with Gasteiger partial charge in [0.05, 0.1) is 10.7 Å². The second-order valence-corrected chi connectivity index (χ2v) is 5.46. The van der Waals surface area contributed by atoms with Gasteiger partial charge in [0.25, 0.3) is 5.91 Å². The molecular formula is C16H15BrN2O3. The number of aryl methyl sites for hydroxylation is 1. The third kappa shape index (κ3) is 4.89. The summed E-state index contributed by atoms with van der Waals surface area (Å²) in [7, 11) is 0. The van der Waals surface area contributed by atoms with Crippen LogP contribution in [0.3, 0.4) is 0 Å². The largest absolute Gasteiger partial charge is 0.508 e. The molecule has 0 aromatic heterocycles. The van der Waals surface area contributed by atoms with Crippen molar-refractivity contribution in [3.05, 3.63) is 58.1 Å². The quantitative estimate of drug-likeness (QED) is 0.634. The van der Waals surface area contributed by atoms with Gasteiger partial charge in [0.1, 0.15) is 11.5 Å². The third-order valence-corrected chi connectivity index (χ3v) is 3.36. The van der Waals surface area contributed by atoms with Crippen LogP contribution < -0.4 is 10.2 Å². The van der Waals surface area contributed by atoms with Gasteiger partial charge in [-0.3, -0.25) is 4.79 Å².